The van der Waals surface area contributed by atoms with Crippen molar-refractivity contribution >= 4 is 0 Å². The van der Waals surface area contributed by atoms with Crippen molar-refractivity contribution in [2.45, 2.75) is 64.5 Å². The summed E-state index contributed by atoms with van der Waals surface area (Å²) in [4.78, 5) is 2.57. The molecule has 2 rings (SSSR count). The van der Waals surface area contributed by atoms with Gasteiger partial charge in [-0.2, -0.15) is 0 Å². The van der Waals surface area contributed by atoms with Crippen molar-refractivity contribution in [3.63, 3.8) is 0 Å². The number of nitrogens with zero attached hydrogens (tertiary/aromatic N) is 1. The molecule has 0 saturated carbocycles. The van der Waals surface area contributed by atoms with E-state index >= 15 is 0 Å². The first-order valence-corrected chi connectivity index (χ1v) is 8.81. The van der Waals surface area contributed by atoms with Gasteiger partial charge in [-0.25, -0.2) is 0 Å². The van der Waals surface area contributed by atoms with Crippen molar-refractivity contribution in [1.29, 1.82) is 0 Å². The van der Waals surface area contributed by atoms with E-state index in [2.05, 4.69) is 24.1 Å². The van der Waals surface area contributed by atoms with E-state index in [0.29, 0.717) is 24.1 Å². The van der Waals surface area contributed by atoms with Crippen molar-refractivity contribution in [2.24, 2.45) is 5.41 Å². The number of rotatable bonds is 6. The Hall–Kier alpha value is -0.160. The predicted molar refractivity (Wildman–Crippen MR) is 86.5 cm³/mol. The molecule has 0 amide bonds. The third-order valence-corrected chi connectivity index (χ3v) is 5.19. The summed E-state index contributed by atoms with van der Waals surface area (Å²) in [6.07, 6.45) is 7.29. The van der Waals surface area contributed by atoms with Gasteiger partial charge in [0.2, 0.25) is 0 Å². The van der Waals surface area contributed by atoms with E-state index in [-0.39, 0.29) is 0 Å². The normalized spacial score (nSPS) is 27.7. The molecule has 1 unspecified atom stereocenters. The van der Waals surface area contributed by atoms with Gasteiger partial charge in [0.25, 0.3) is 0 Å². The molecule has 0 spiro atoms. The zero-order valence-electron chi connectivity index (χ0n) is 13.9. The van der Waals surface area contributed by atoms with E-state index in [4.69, 9.17) is 4.74 Å². The highest BCUT2D eigenvalue weighted by molar-refractivity contribution is 4.90. The minimum atomic E-state index is 0.310. The second kappa shape index (κ2) is 8.47. The maximum atomic E-state index is 9.74. The molecule has 4 heteroatoms. The molecule has 4 nitrogen and oxygen atoms in total. The fourth-order valence-corrected chi connectivity index (χ4v) is 3.70. The van der Waals surface area contributed by atoms with Gasteiger partial charge in [0.15, 0.2) is 0 Å². The fraction of sp³-hybridized carbons (Fsp3) is 1.00. The predicted octanol–water partition coefficient (Wildman–Crippen LogP) is 2.02. The second-order valence-corrected chi connectivity index (χ2v) is 7.30. The highest BCUT2D eigenvalue weighted by atomic mass is 16.5. The molecular formula is C17H34N2O2. The average molecular weight is 298 g/mol. The van der Waals surface area contributed by atoms with Crippen LogP contribution in [0, 0.1) is 5.41 Å². The lowest BCUT2D eigenvalue weighted by Gasteiger charge is -2.43. The van der Waals surface area contributed by atoms with Crippen molar-refractivity contribution < 1.29 is 9.84 Å². The number of hydrogen-bond donors (Lipinski definition) is 2. The largest absolute Gasteiger partial charge is 0.395 e. The monoisotopic (exact) mass is 298 g/mol. The van der Waals surface area contributed by atoms with E-state index in [0.717, 1.165) is 52.1 Å². The Balaban J connectivity index is 2.01. The lowest BCUT2D eigenvalue weighted by atomic mass is 9.79. The first-order valence-electron chi connectivity index (χ1n) is 8.81. The van der Waals surface area contributed by atoms with Crippen LogP contribution < -0.4 is 5.32 Å². The summed E-state index contributed by atoms with van der Waals surface area (Å²) < 4.78 is 5.60. The number of nitrogens with one attached hydrogen (secondary N) is 1. The Kier molecular flexibility index (Phi) is 6.93. The van der Waals surface area contributed by atoms with Gasteiger partial charge in [-0.1, -0.05) is 26.7 Å². The third kappa shape index (κ3) is 5.20. The highest BCUT2D eigenvalue weighted by Crippen LogP contribution is 2.33. The van der Waals surface area contributed by atoms with Gasteiger partial charge in [-0.05, 0) is 37.6 Å². The number of hydrogen-bond acceptors (Lipinski definition) is 4. The summed E-state index contributed by atoms with van der Waals surface area (Å²) in [5, 5.41) is 13.4. The molecule has 0 aliphatic carbocycles. The second-order valence-electron chi connectivity index (χ2n) is 7.30. The Morgan fingerprint density at radius 3 is 2.67 bits per heavy atom. The Morgan fingerprint density at radius 2 is 2.00 bits per heavy atom. The number of aliphatic hydroxyl groups is 1. The SMILES string of the molecule is CC(C)NCC1(CN2CCCCCC2CO)CCOCC1. The van der Waals surface area contributed by atoms with Crippen LogP contribution in [0.3, 0.4) is 0 Å². The van der Waals surface area contributed by atoms with Gasteiger partial charge in [-0.15, -0.1) is 0 Å². The van der Waals surface area contributed by atoms with Crippen LogP contribution in [-0.4, -0.2) is 61.5 Å². The Morgan fingerprint density at radius 1 is 1.24 bits per heavy atom. The highest BCUT2D eigenvalue weighted by Gasteiger charge is 2.36. The Bertz CT molecular complexity index is 291. The molecule has 2 fully saturated rings. The number of aliphatic hydroxyl groups excluding tert-OH is 1. The quantitative estimate of drug-likeness (QED) is 0.787. The molecule has 2 saturated heterocycles. The molecule has 0 bridgehead atoms. The molecule has 21 heavy (non-hydrogen) atoms. The van der Waals surface area contributed by atoms with Crippen LogP contribution in [-0.2, 0) is 4.74 Å². The van der Waals surface area contributed by atoms with Crippen LogP contribution in [0.25, 0.3) is 0 Å². The summed E-state index contributed by atoms with van der Waals surface area (Å²) in [7, 11) is 0. The van der Waals surface area contributed by atoms with E-state index in [9.17, 15) is 5.11 Å². The van der Waals surface area contributed by atoms with Crippen LogP contribution in [0.1, 0.15) is 52.4 Å². The van der Waals surface area contributed by atoms with Gasteiger partial charge in [-0.3, -0.25) is 4.90 Å². The lowest BCUT2D eigenvalue weighted by molar-refractivity contribution is -0.0173. The lowest BCUT2D eigenvalue weighted by Crippen LogP contribution is -2.51. The van der Waals surface area contributed by atoms with E-state index < -0.39 is 0 Å². The molecule has 124 valence electrons. The summed E-state index contributed by atoms with van der Waals surface area (Å²) in [6.45, 7) is 9.85. The molecule has 0 aromatic carbocycles. The standard InChI is InChI=1S/C17H34N2O2/c1-15(2)18-13-17(7-10-21-11-8-17)14-19-9-5-3-4-6-16(19)12-20/h15-16,18,20H,3-14H2,1-2H3. The van der Waals surface area contributed by atoms with Gasteiger partial charge in [0, 0.05) is 38.4 Å². The van der Waals surface area contributed by atoms with Crippen molar-refractivity contribution in [2.75, 3.05) is 39.5 Å². The summed E-state index contributed by atoms with van der Waals surface area (Å²) in [5.41, 5.74) is 0.320. The minimum Gasteiger partial charge on any atom is -0.395 e. The number of ether oxygens (including phenoxy) is 1. The van der Waals surface area contributed by atoms with Crippen molar-refractivity contribution in [1.82, 2.24) is 10.2 Å². The fourth-order valence-electron chi connectivity index (χ4n) is 3.70. The van der Waals surface area contributed by atoms with E-state index in [1.807, 2.05) is 0 Å². The first-order chi connectivity index (χ1) is 10.2. The summed E-state index contributed by atoms with van der Waals surface area (Å²) in [5.74, 6) is 0. The molecular weight excluding hydrogens is 264 g/mol. The molecule has 2 aliphatic rings. The van der Waals surface area contributed by atoms with Gasteiger partial charge >= 0.3 is 0 Å². The third-order valence-electron chi connectivity index (χ3n) is 5.19. The van der Waals surface area contributed by atoms with Crippen LogP contribution >= 0.6 is 0 Å². The van der Waals surface area contributed by atoms with Crippen LogP contribution in [0.2, 0.25) is 0 Å². The smallest absolute Gasteiger partial charge is 0.0586 e. The molecule has 1 atom stereocenters. The van der Waals surface area contributed by atoms with Crippen LogP contribution in [0.4, 0.5) is 0 Å². The minimum absolute atomic E-state index is 0.310. The zero-order chi connectivity index (χ0) is 15.1. The molecule has 0 aromatic heterocycles. The molecule has 2 aliphatic heterocycles. The number of likely N-dealkylation sites (tertiary alicyclic amines) is 1. The molecule has 2 heterocycles. The maximum absolute atomic E-state index is 9.74. The summed E-state index contributed by atoms with van der Waals surface area (Å²) in [6, 6.07) is 0.897. The first kappa shape index (κ1) is 17.2. The average Bonchev–Trinajstić information content (AvgIpc) is 2.71. The van der Waals surface area contributed by atoms with Crippen molar-refractivity contribution in [3.8, 4) is 0 Å². The zero-order valence-corrected chi connectivity index (χ0v) is 13.9. The van der Waals surface area contributed by atoms with E-state index in [1.54, 1.807) is 0 Å². The Labute approximate surface area is 130 Å². The molecule has 2 N–H and O–H groups in total. The van der Waals surface area contributed by atoms with E-state index in [1.165, 1.54) is 19.3 Å². The van der Waals surface area contributed by atoms with Crippen LogP contribution in [0.15, 0.2) is 0 Å². The topological polar surface area (TPSA) is 44.7 Å². The summed E-state index contributed by atoms with van der Waals surface area (Å²) >= 11 is 0. The molecule has 0 aromatic rings. The van der Waals surface area contributed by atoms with Gasteiger partial charge < -0.3 is 15.2 Å². The van der Waals surface area contributed by atoms with Crippen molar-refractivity contribution in [3.05, 3.63) is 0 Å². The van der Waals surface area contributed by atoms with Crippen LogP contribution in [0.5, 0.6) is 0 Å². The van der Waals surface area contributed by atoms with Gasteiger partial charge in [0.05, 0.1) is 6.61 Å². The van der Waals surface area contributed by atoms with Gasteiger partial charge in [0.1, 0.15) is 0 Å². The maximum Gasteiger partial charge on any atom is 0.0586 e. The molecule has 0 radical (unpaired) electrons.